The van der Waals surface area contributed by atoms with Crippen LogP contribution in [0.1, 0.15) is 0 Å². The molecule has 0 aliphatic rings. The lowest BCUT2D eigenvalue weighted by atomic mass is 10.1. The molecule has 0 bridgehead atoms. The normalized spacial score (nSPS) is 23.0. The van der Waals surface area contributed by atoms with E-state index in [-0.39, 0.29) is 6.29 Å². The van der Waals surface area contributed by atoms with E-state index >= 15 is 0 Å². The second-order valence-corrected chi connectivity index (χ2v) is 3.64. The Hall–Kier alpha value is -0.340. The second kappa shape index (κ2) is 5.52. The number of aldehydes is 1. The Labute approximate surface area is 80.5 Å². The van der Waals surface area contributed by atoms with Gasteiger partial charge in [-0.25, -0.2) is 4.57 Å². The SMILES string of the molecule is [2H]OP(=O)(O)OC[C@@H](O)[C@@H](O)[C@@H](O)C=O. The van der Waals surface area contributed by atoms with E-state index in [9.17, 15) is 9.36 Å². The summed E-state index contributed by atoms with van der Waals surface area (Å²) in [7, 11) is -4.58. The third-order valence-electron chi connectivity index (χ3n) is 1.29. The number of phosphoric ester groups is 1. The Kier molecular flexibility index (Phi) is 4.63. The van der Waals surface area contributed by atoms with Crippen LogP contribution in [0.5, 0.6) is 0 Å². The summed E-state index contributed by atoms with van der Waals surface area (Å²) in [5.41, 5.74) is 0. The molecule has 0 aromatic carbocycles. The third kappa shape index (κ3) is 5.40. The molecule has 84 valence electrons. The lowest BCUT2D eigenvalue weighted by molar-refractivity contribution is -0.127. The van der Waals surface area contributed by atoms with E-state index in [1.54, 1.807) is 0 Å². The molecule has 14 heavy (non-hydrogen) atoms. The van der Waals surface area contributed by atoms with Gasteiger partial charge in [0.25, 0.3) is 0 Å². The summed E-state index contributed by atoms with van der Waals surface area (Å²) in [6.45, 7) is -0.876. The minimum atomic E-state index is -4.58. The van der Waals surface area contributed by atoms with Gasteiger partial charge in [-0.1, -0.05) is 0 Å². The van der Waals surface area contributed by atoms with E-state index in [4.69, 9.17) is 21.6 Å². The van der Waals surface area contributed by atoms with Crippen molar-refractivity contribution < 1.29 is 39.0 Å². The van der Waals surface area contributed by atoms with E-state index in [1.165, 1.54) is 0 Å². The molecule has 0 aliphatic carbocycles. The van der Waals surface area contributed by atoms with Crippen molar-refractivity contribution in [2.45, 2.75) is 18.3 Å². The summed E-state index contributed by atoms with van der Waals surface area (Å²) < 4.78 is 20.7. The first-order valence-electron chi connectivity index (χ1n) is 3.86. The zero-order valence-electron chi connectivity index (χ0n) is 7.89. The molecule has 4 atom stereocenters. The van der Waals surface area contributed by atoms with Gasteiger partial charge in [-0.05, 0) is 0 Å². The van der Waals surface area contributed by atoms with Crippen LogP contribution in [0.4, 0.5) is 0 Å². The van der Waals surface area contributed by atoms with Crippen LogP contribution in [-0.2, 0) is 13.9 Å². The molecule has 0 rings (SSSR count). The monoisotopic (exact) mass is 231 g/mol. The van der Waals surface area contributed by atoms with E-state index in [2.05, 4.69) is 9.42 Å². The summed E-state index contributed by atoms with van der Waals surface area (Å²) in [6.07, 6.45) is -5.47. The van der Waals surface area contributed by atoms with Crippen LogP contribution >= 0.6 is 7.82 Å². The summed E-state index contributed by atoms with van der Waals surface area (Å²) in [6, 6.07) is 0. The molecule has 0 heterocycles. The van der Waals surface area contributed by atoms with Gasteiger partial charge in [0.05, 0.1) is 6.61 Å². The minimum Gasteiger partial charge on any atom is -0.388 e. The molecule has 0 spiro atoms. The first kappa shape index (κ1) is 11.7. The average Bonchev–Trinajstić information content (AvgIpc) is 2.23. The highest BCUT2D eigenvalue weighted by atomic mass is 31.2. The van der Waals surface area contributed by atoms with Gasteiger partial charge in [-0.15, -0.1) is 0 Å². The molecular formula is C5H11O8P. The van der Waals surface area contributed by atoms with Crippen LogP contribution in [0.15, 0.2) is 0 Å². The van der Waals surface area contributed by atoms with E-state index in [0.717, 1.165) is 0 Å². The van der Waals surface area contributed by atoms with Crippen molar-refractivity contribution in [3.8, 4) is 0 Å². The fraction of sp³-hybridized carbons (Fsp3) is 0.800. The van der Waals surface area contributed by atoms with Gasteiger partial charge in [-0.2, -0.15) is 0 Å². The molecular weight excluding hydrogens is 219 g/mol. The quantitative estimate of drug-likeness (QED) is 0.236. The first-order valence-corrected chi connectivity index (χ1v) is 4.95. The number of aliphatic hydroxyl groups excluding tert-OH is 3. The molecule has 0 aliphatic heterocycles. The van der Waals surface area contributed by atoms with Crippen LogP contribution in [0, 0.1) is 0 Å². The van der Waals surface area contributed by atoms with Gasteiger partial charge in [0, 0.05) is 0 Å². The van der Waals surface area contributed by atoms with Crippen molar-refractivity contribution in [2.75, 3.05) is 6.61 Å². The van der Waals surface area contributed by atoms with Crippen molar-refractivity contribution in [3.63, 3.8) is 0 Å². The fourth-order valence-electron chi connectivity index (χ4n) is 0.577. The molecule has 1 unspecified atom stereocenters. The number of carbonyl (C=O) groups is 1. The average molecular weight is 231 g/mol. The molecule has 0 aromatic rings. The fourth-order valence-corrected chi connectivity index (χ4v) is 0.918. The van der Waals surface area contributed by atoms with E-state index in [1.807, 2.05) is 0 Å². The van der Waals surface area contributed by atoms with E-state index < -0.39 is 32.7 Å². The highest BCUT2D eigenvalue weighted by Crippen LogP contribution is 2.35. The maximum atomic E-state index is 10.5. The van der Waals surface area contributed by atoms with Crippen molar-refractivity contribution >= 4 is 14.1 Å². The van der Waals surface area contributed by atoms with Gasteiger partial charge in [0.2, 0.25) is 1.43 Å². The van der Waals surface area contributed by atoms with E-state index in [0.29, 0.717) is 0 Å². The van der Waals surface area contributed by atoms with Crippen molar-refractivity contribution in [1.82, 2.24) is 0 Å². The number of aliphatic hydroxyl groups is 3. The van der Waals surface area contributed by atoms with Gasteiger partial charge in [0.15, 0.2) is 6.29 Å². The summed E-state index contributed by atoms with van der Waals surface area (Å²) in [5.74, 6) is 0. The standard InChI is InChI=1S/C5H11O8P/c6-1-3(7)5(9)4(8)2-13-14(10,11)12/h1,3-5,7-9H,2H2,(H2,10,11,12)/t3-,4+,5-/m0/s1/i/hD. The lowest BCUT2D eigenvalue weighted by Crippen LogP contribution is -2.40. The zero-order valence-corrected chi connectivity index (χ0v) is 7.78. The summed E-state index contributed by atoms with van der Waals surface area (Å²) >= 11 is 0. The predicted molar refractivity (Wildman–Crippen MR) is 42.1 cm³/mol. The van der Waals surface area contributed by atoms with Crippen molar-refractivity contribution in [2.24, 2.45) is 0 Å². The smallest absolute Gasteiger partial charge is 0.388 e. The number of hydrogen-bond donors (Lipinski definition) is 5. The number of carbonyl (C=O) groups excluding carboxylic acids is 1. The van der Waals surface area contributed by atoms with Gasteiger partial charge in [0.1, 0.15) is 18.3 Å². The Morgan fingerprint density at radius 2 is 2.07 bits per heavy atom. The molecule has 0 amide bonds. The van der Waals surface area contributed by atoms with Crippen molar-refractivity contribution in [1.29, 1.82) is 1.43 Å². The van der Waals surface area contributed by atoms with Gasteiger partial charge >= 0.3 is 7.82 Å². The Morgan fingerprint density at radius 1 is 1.50 bits per heavy atom. The van der Waals surface area contributed by atoms with Crippen LogP contribution in [0.2, 0.25) is 0 Å². The van der Waals surface area contributed by atoms with Crippen molar-refractivity contribution in [3.05, 3.63) is 0 Å². The van der Waals surface area contributed by atoms with Gasteiger partial charge < -0.3 is 29.9 Å². The second-order valence-electron chi connectivity index (χ2n) is 2.45. The molecule has 0 radical (unpaired) electrons. The van der Waals surface area contributed by atoms with Gasteiger partial charge in [-0.3, -0.25) is 4.52 Å². The summed E-state index contributed by atoms with van der Waals surface area (Å²) in [4.78, 5) is 21.8. The molecule has 0 aromatic heterocycles. The zero-order chi connectivity index (χ0) is 12.1. The molecule has 0 saturated carbocycles. The Morgan fingerprint density at radius 3 is 2.50 bits per heavy atom. The van der Waals surface area contributed by atoms with Crippen LogP contribution in [0.25, 0.3) is 0 Å². The molecule has 0 fully saturated rings. The number of rotatable bonds is 7. The topological polar surface area (TPSA) is 145 Å². The highest BCUT2D eigenvalue weighted by molar-refractivity contribution is 7.46. The van der Waals surface area contributed by atoms with Crippen LogP contribution in [-0.4, -0.2) is 57.7 Å². The number of hydrogen-bond acceptors (Lipinski definition) is 7. The third-order valence-corrected chi connectivity index (χ3v) is 1.77. The maximum Gasteiger partial charge on any atom is 0.469 e. The Balaban J connectivity index is 4.09. The first-order chi connectivity index (χ1) is 6.84. The van der Waals surface area contributed by atoms with Crippen LogP contribution in [0.3, 0.4) is 0 Å². The lowest BCUT2D eigenvalue weighted by Gasteiger charge is -2.19. The largest absolute Gasteiger partial charge is 0.469 e. The molecule has 8 nitrogen and oxygen atoms in total. The highest BCUT2D eigenvalue weighted by Gasteiger charge is 2.27. The molecule has 0 saturated heterocycles. The molecule has 9 heteroatoms. The predicted octanol–water partition coefficient (Wildman–Crippen LogP) is -2.62. The summed E-state index contributed by atoms with van der Waals surface area (Å²) in [5, 5.41) is 26.8. The Bertz CT molecular complexity index is 247. The minimum absolute atomic E-state index is 0.0204. The van der Waals surface area contributed by atoms with Crippen LogP contribution < -0.4 is 0 Å². The number of phosphoric acid groups is 1. The maximum absolute atomic E-state index is 10.5. The molecule has 5 N–H and O–H groups in total.